The number of nitrogens with zero attached hydrogens (tertiary/aromatic N) is 2. The Kier molecular flexibility index (Phi) is 7.27. The van der Waals surface area contributed by atoms with Crippen molar-refractivity contribution in [1.29, 1.82) is 0 Å². The van der Waals surface area contributed by atoms with E-state index in [2.05, 4.69) is 10.4 Å². The summed E-state index contributed by atoms with van der Waals surface area (Å²) >= 11 is 6.37. The highest BCUT2D eigenvalue weighted by Gasteiger charge is 2.14. The van der Waals surface area contributed by atoms with Gasteiger partial charge in [0.25, 0.3) is 5.91 Å². The molecule has 32 heavy (non-hydrogen) atoms. The summed E-state index contributed by atoms with van der Waals surface area (Å²) in [7, 11) is 1.50. The number of carbonyl (C=O) groups is 2. The molecule has 7 nitrogen and oxygen atoms in total. The number of rotatable bonds is 7. The molecule has 1 aromatic heterocycles. The number of benzene rings is 2. The minimum absolute atomic E-state index is 0.252. The van der Waals surface area contributed by atoms with Crippen molar-refractivity contribution in [1.82, 2.24) is 9.78 Å². The lowest BCUT2D eigenvalue weighted by Gasteiger charge is -2.10. The Morgan fingerprint density at radius 2 is 1.91 bits per heavy atom. The maximum absolute atomic E-state index is 13.1. The molecule has 0 aliphatic rings. The largest absolute Gasteiger partial charge is 0.495 e. The summed E-state index contributed by atoms with van der Waals surface area (Å²) in [4.78, 5) is 24.2. The van der Waals surface area contributed by atoms with E-state index >= 15 is 0 Å². The molecule has 0 aliphatic heterocycles. The van der Waals surface area contributed by atoms with Crippen molar-refractivity contribution < 1.29 is 23.5 Å². The Hall–Kier alpha value is -3.65. The van der Waals surface area contributed by atoms with E-state index in [9.17, 15) is 14.0 Å². The number of methoxy groups -OCH3 is 1. The second-order valence-electron chi connectivity index (χ2n) is 6.87. The van der Waals surface area contributed by atoms with Crippen LogP contribution >= 0.6 is 11.6 Å². The molecular weight excluding hydrogens is 437 g/mol. The molecule has 0 saturated carbocycles. The summed E-state index contributed by atoms with van der Waals surface area (Å²) in [5, 5.41) is 7.22. The SMILES string of the molecule is COc1ccc(C)cc1NC(=O)COC(=O)C=Cc1c(C)nn(-c2ccc(F)cc2)c1Cl. The molecule has 0 unspecified atom stereocenters. The predicted molar refractivity (Wildman–Crippen MR) is 120 cm³/mol. The monoisotopic (exact) mass is 457 g/mol. The number of halogens is 2. The van der Waals surface area contributed by atoms with Gasteiger partial charge in [-0.2, -0.15) is 5.10 Å². The van der Waals surface area contributed by atoms with Crippen LogP contribution in [-0.2, 0) is 14.3 Å². The minimum atomic E-state index is -0.721. The van der Waals surface area contributed by atoms with Gasteiger partial charge in [0.15, 0.2) is 6.61 Å². The second kappa shape index (κ2) is 10.1. The molecule has 3 aromatic rings. The van der Waals surface area contributed by atoms with Crippen LogP contribution in [0.3, 0.4) is 0 Å². The van der Waals surface area contributed by atoms with Crippen molar-refractivity contribution >= 4 is 35.2 Å². The number of nitrogens with one attached hydrogen (secondary N) is 1. The first-order chi connectivity index (χ1) is 15.3. The van der Waals surface area contributed by atoms with Crippen LogP contribution in [0.25, 0.3) is 11.8 Å². The Labute approximate surface area is 189 Å². The molecule has 0 bridgehead atoms. The molecule has 1 N–H and O–H groups in total. The van der Waals surface area contributed by atoms with Gasteiger partial charge in [-0.3, -0.25) is 4.79 Å². The van der Waals surface area contributed by atoms with E-state index in [1.54, 1.807) is 19.1 Å². The lowest BCUT2D eigenvalue weighted by molar-refractivity contribution is -0.142. The lowest BCUT2D eigenvalue weighted by atomic mass is 10.2. The number of ether oxygens (including phenoxy) is 2. The second-order valence-corrected chi connectivity index (χ2v) is 7.23. The Bertz CT molecular complexity index is 1170. The number of hydrogen-bond donors (Lipinski definition) is 1. The smallest absolute Gasteiger partial charge is 0.331 e. The molecule has 0 spiro atoms. The standard InChI is InChI=1S/C23H21ClFN3O4/c1-14-4-10-20(31-3)19(12-14)26-21(29)13-32-22(30)11-9-18-15(2)27-28(23(18)24)17-7-5-16(25)6-8-17/h4-12H,13H2,1-3H3,(H,26,29). The highest BCUT2D eigenvalue weighted by molar-refractivity contribution is 6.31. The van der Waals surface area contributed by atoms with E-state index in [1.807, 2.05) is 13.0 Å². The van der Waals surface area contributed by atoms with E-state index in [0.29, 0.717) is 28.4 Å². The molecule has 0 radical (unpaired) electrons. The van der Waals surface area contributed by atoms with E-state index in [-0.39, 0.29) is 11.0 Å². The number of amides is 1. The third kappa shape index (κ3) is 5.53. The minimum Gasteiger partial charge on any atom is -0.495 e. The number of carbonyl (C=O) groups excluding carboxylic acids is 2. The average molecular weight is 458 g/mol. The predicted octanol–water partition coefficient (Wildman–Crippen LogP) is 4.49. The number of esters is 1. The van der Waals surface area contributed by atoms with E-state index in [0.717, 1.165) is 11.6 Å². The van der Waals surface area contributed by atoms with Gasteiger partial charge in [-0.15, -0.1) is 0 Å². The molecule has 1 heterocycles. The zero-order valence-electron chi connectivity index (χ0n) is 17.7. The molecule has 2 aromatic carbocycles. The fraction of sp³-hybridized carbons (Fsp3) is 0.174. The van der Waals surface area contributed by atoms with Gasteiger partial charge in [-0.05, 0) is 61.9 Å². The van der Waals surface area contributed by atoms with Crippen LogP contribution in [0.1, 0.15) is 16.8 Å². The topological polar surface area (TPSA) is 82.4 Å². The van der Waals surface area contributed by atoms with Crippen molar-refractivity contribution in [2.45, 2.75) is 13.8 Å². The zero-order valence-corrected chi connectivity index (χ0v) is 18.4. The molecule has 0 saturated heterocycles. The highest BCUT2D eigenvalue weighted by Crippen LogP contribution is 2.26. The highest BCUT2D eigenvalue weighted by atomic mass is 35.5. The quantitative estimate of drug-likeness (QED) is 0.417. The van der Waals surface area contributed by atoms with E-state index in [1.165, 1.54) is 42.1 Å². The van der Waals surface area contributed by atoms with Crippen LogP contribution in [0.5, 0.6) is 5.75 Å². The molecule has 0 atom stereocenters. The summed E-state index contributed by atoms with van der Waals surface area (Å²) in [6, 6.07) is 11.0. The zero-order chi connectivity index (χ0) is 23.3. The molecule has 1 amide bonds. The van der Waals surface area contributed by atoms with Crippen molar-refractivity contribution in [2.75, 3.05) is 19.0 Å². The van der Waals surface area contributed by atoms with Gasteiger partial charge in [0.05, 0.1) is 24.2 Å². The number of aryl methyl sites for hydroxylation is 2. The lowest BCUT2D eigenvalue weighted by Crippen LogP contribution is -2.20. The first-order valence-corrected chi connectivity index (χ1v) is 9.96. The summed E-state index contributed by atoms with van der Waals surface area (Å²) in [6.45, 7) is 3.13. The third-order valence-corrected chi connectivity index (χ3v) is 4.84. The fourth-order valence-electron chi connectivity index (χ4n) is 2.90. The third-order valence-electron chi connectivity index (χ3n) is 4.48. The van der Waals surface area contributed by atoms with Crippen molar-refractivity contribution in [2.24, 2.45) is 0 Å². The van der Waals surface area contributed by atoms with Crippen molar-refractivity contribution in [3.05, 3.63) is 76.3 Å². The molecule has 0 fully saturated rings. The normalized spacial score (nSPS) is 10.9. The van der Waals surface area contributed by atoms with Gasteiger partial charge >= 0.3 is 5.97 Å². The van der Waals surface area contributed by atoms with Crippen LogP contribution in [0, 0.1) is 19.7 Å². The first kappa shape index (κ1) is 23.0. The van der Waals surface area contributed by atoms with Crippen LogP contribution in [0.4, 0.5) is 10.1 Å². The van der Waals surface area contributed by atoms with Crippen LogP contribution in [0.2, 0.25) is 5.15 Å². The molecule has 166 valence electrons. The fourth-order valence-corrected chi connectivity index (χ4v) is 3.23. The van der Waals surface area contributed by atoms with E-state index < -0.39 is 18.5 Å². The van der Waals surface area contributed by atoms with Gasteiger partial charge in [-0.1, -0.05) is 17.7 Å². The number of anilines is 1. The Morgan fingerprint density at radius 3 is 2.59 bits per heavy atom. The van der Waals surface area contributed by atoms with E-state index in [4.69, 9.17) is 21.1 Å². The maximum atomic E-state index is 13.1. The molecule has 3 rings (SSSR count). The summed E-state index contributed by atoms with van der Waals surface area (Å²) in [5.41, 5.74) is 3.06. The summed E-state index contributed by atoms with van der Waals surface area (Å²) in [6.07, 6.45) is 2.61. The Morgan fingerprint density at radius 1 is 1.19 bits per heavy atom. The van der Waals surface area contributed by atoms with Crippen LogP contribution in [0.15, 0.2) is 48.5 Å². The van der Waals surface area contributed by atoms with Crippen LogP contribution in [-0.4, -0.2) is 35.4 Å². The van der Waals surface area contributed by atoms with Gasteiger partial charge in [0, 0.05) is 11.6 Å². The number of aromatic nitrogens is 2. The average Bonchev–Trinajstić information content (AvgIpc) is 3.05. The molecule has 9 heteroatoms. The summed E-state index contributed by atoms with van der Waals surface area (Å²) in [5.74, 6) is -1.10. The van der Waals surface area contributed by atoms with Gasteiger partial charge < -0.3 is 14.8 Å². The first-order valence-electron chi connectivity index (χ1n) is 9.59. The van der Waals surface area contributed by atoms with Gasteiger partial charge in [0.1, 0.15) is 16.7 Å². The van der Waals surface area contributed by atoms with Crippen molar-refractivity contribution in [3.8, 4) is 11.4 Å². The van der Waals surface area contributed by atoms with Gasteiger partial charge in [-0.25, -0.2) is 13.9 Å². The van der Waals surface area contributed by atoms with Gasteiger partial charge in [0.2, 0.25) is 0 Å². The van der Waals surface area contributed by atoms with Crippen molar-refractivity contribution in [3.63, 3.8) is 0 Å². The van der Waals surface area contributed by atoms with Crippen LogP contribution < -0.4 is 10.1 Å². The molecular formula is C23H21ClFN3O4. The maximum Gasteiger partial charge on any atom is 0.331 e. The summed E-state index contributed by atoms with van der Waals surface area (Å²) < 4.78 is 24.8. The number of hydrogen-bond acceptors (Lipinski definition) is 5. The Balaban J connectivity index is 1.62. The molecule has 0 aliphatic carbocycles.